The lowest BCUT2D eigenvalue weighted by Gasteiger charge is -2.32. The van der Waals surface area contributed by atoms with E-state index in [4.69, 9.17) is 4.74 Å². The molecule has 0 bridgehead atoms. The Labute approximate surface area is 229 Å². The molecule has 0 saturated heterocycles. The minimum atomic E-state index is -4.35. The minimum absolute atomic E-state index is 0.00158. The molecule has 0 heterocycles. The van der Waals surface area contributed by atoms with Crippen LogP contribution in [0.1, 0.15) is 31.9 Å². The monoisotopic (exact) mass is 555 g/mol. The van der Waals surface area contributed by atoms with Crippen LogP contribution in [-0.2, 0) is 26.2 Å². The number of nitrogens with one attached hydrogen (secondary N) is 1. The first kappa shape index (κ1) is 29.6. The van der Waals surface area contributed by atoms with Gasteiger partial charge in [0.25, 0.3) is 10.0 Å². The number of nitrogens with zero attached hydrogens (tertiary/aromatic N) is 2. The molecular formula is C29H34FN3O5S. The van der Waals surface area contributed by atoms with Gasteiger partial charge < -0.3 is 15.0 Å². The number of hydrogen-bond donors (Lipinski definition) is 1. The van der Waals surface area contributed by atoms with Crippen LogP contribution in [0.2, 0.25) is 0 Å². The maximum atomic E-state index is 15.0. The molecule has 208 valence electrons. The van der Waals surface area contributed by atoms with Gasteiger partial charge in [-0.05, 0) is 69.7 Å². The van der Waals surface area contributed by atoms with Crippen LogP contribution in [0.25, 0.3) is 0 Å². The Kier molecular flexibility index (Phi) is 9.69. The Balaban J connectivity index is 2.05. The SMILES string of the molecule is COc1cccc(CN(C(=O)CN(c2ccccc2F)S(=O)(=O)c2ccc(C)cc2)C(C)C(=O)NC(C)C)c1. The number of benzene rings is 3. The highest BCUT2D eigenvalue weighted by molar-refractivity contribution is 7.92. The van der Waals surface area contributed by atoms with Crippen molar-refractivity contribution in [2.75, 3.05) is 18.0 Å². The summed E-state index contributed by atoms with van der Waals surface area (Å²) in [5.41, 5.74) is 1.25. The lowest BCUT2D eigenvalue weighted by Crippen LogP contribution is -2.52. The van der Waals surface area contributed by atoms with Crippen LogP contribution in [0.5, 0.6) is 5.75 Å². The molecule has 10 heteroatoms. The van der Waals surface area contributed by atoms with Crippen LogP contribution >= 0.6 is 0 Å². The molecule has 0 aliphatic rings. The molecule has 39 heavy (non-hydrogen) atoms. The smallest absolute Gasteiger partial charge is 0.264 e. The number of aryl methyl sites for hydroxylation is 1. The van der Waals surface area contributed by atoms with Gasteiger partial charge in [0.05, 0.1) is 17.7 Å². The molecule has 0 aliphatic heterocycles. The number of carbonyl (C=O) groups is 2. The second-order valence-electron chi connectivity index (χ2n) is 9.49. The van der Waals surface area contributed by atoms with E-state index in [2.05, 4.69) is 5.32 Å². The summed E-state index contributed by atoms with van der Waals surface area (Å²) in [6.45, 7) is 6.25. The van der Waals surface area contributed by atoms with Crippen molar-refractivity contribution in [3.63, 3.8) is 0 Å². The molecule has 0 saturated carbocycles. The van der Waals surface area contributed by atoms with Crippen LogP contribution in [0.4, 0.5) is 10.1 Å². The fraction of sp³-hybridized carbons (Fsp3) is 0.310. The first-order chi connectivity index (χ1) is 18.4. The lowest BCUT2D eigenvalue weighted by molar-refractivity contribution is -0.139. The fourth-order valence-corrected chi connectivity index (χ4v) is 5.38. The normalized spacial score (nSPS) is 12.1. The van der Waals surface area contributed by atoms with Gasteiger partial charge >= 0.3 is 0 Å². The minimum Gasteiger partial charge on any atom is -0.497 e. The van der Waals surface area contributed by atoms with Crippen LogP contribution in [0, 0.1) is 12.7 Å². The van der Waals surface area contributed by atoms with Crippen molar-refractivity contribution in [2.24, 2.45) is 0 Å². The highest BCUT2D eigenvalue weighted by Gasteiger charge is 2.33. The zero-order chi connectivity index (χ0) is 28.7. The Morgan fingerprint density at radius 1 is 0.974 bits per heavy atom. The van der Waals surface area contributed by atoms with E-state index in [9.17, 15) is 22.4 Å². The van der Waals surface area contributed by atoms with Crippen LogP contribution in [0.3, 0.4) is 0 Å². The van der Waals surface area contributed by atoms with Crippen molar-refractivity contribution in [3.8, 4) is 5.75 Å². The molecule has 0 aliphatic carbocycles. The number of methoxy groups -OCH3 is 1. The molecule has 0 fully saturated rings. The summed E-state index contributed by atoms with van der Waals surface area (Å²) in [5.74, 6) is -1.32. The van der Waals surface area contributed by atoms with E-state index in [0.717, 1.165) is 15.9 Å². The number of carbonyl (C=O) groups excluding carboxylic acids is 2. The topological polar surface area (TPSA) is 96.0 Å². The first-order valence-corrected chi connectivity index (χ1v) is 13.9. The van der Waals surface area contributed by atoms with E-state index in [0.29, 0.717) is 11.3 Å². The van der Waals surface area contributed by atoms with Gasteiger partial charge in [-0.15, -0.1) is 0 Å². The highest BCUT2D eigenvalue weighted by Crippen LogP contribution is 2.27. The standard InChI is InChI=1S/C29H34FN3O5S/c1-20(2)31-29(35)22(4)32(18-23-9-8-10-24(17-23)38-5)28(34)19-33(27-12-7-6-11-26(27)30)39(36,37)25-15-13-21(3)14-16-25/h6-17,20,22H,18-19H2,1-5H3,(H,31,35). The van der Waals surface area contributed by atoms with Gasteiger partial charge in [0, 0.05) is 12.6 Å². The van der Waals surface area contributed by atoms with Gasteiger partial charge in [-0.1, -0.05) is 42.0 Å². The number of amides is 2. The molecule has 0 spiro atoms. The average molecular weight is 556 g/mol. The van der Waals surface area contributed by atoms with Crippen molar-refractivity contribution in [1.82, 2.24) is 10.2 Å². The molecule has 1 N–H and O–H groups in total. The zero-order valence-electron chi connectivity index (χ0n) is 22.7. The zero-order valence-corrected chi connectivity index (χ0v) is 23.5. The third-order valence-electron chi connectivity index (χ3n) is 6.09. The van der Waals surface area contributed by atoms with E-state index in [1.54, 1.807) is 57.2 Å². The van der Waals surface area contributed by atoms with E-state index in [1.165, 1.54) is 42.3 Å². The van der Waals surface area contributed by atoms with E-state index in [1.807, 2.05) is 6.92 Å². The van der Waals surface area contributed by atoms with Crippen LogP contribution < -0.4 is 14.4 Å². The summed E-state index contributed by atoms with van der Waals surface area (Å²) in [4.78, 5) is 28.0. The first-order valence-electron chi connectivity index (χ1n) is 12.5. The molecule has 3 aromatic rings. The Hall–Kier alpha value is -3.92. The highest BCUT2D eigenvalue weighted by atomic mass is 32.2. The van der Waals surface area contributed by atoms with Gasteiger partial charge in [0.15, 0.2) is 0 Å². The number of anilines is 1. The van der Waals surface area contributed by atoms with Crippen molar-refractivity contribution in [3.05, 3.63) is 89.7 Å². The second kappa shape index (κ2) is 12.8. The van der Waals surface area contributed by atoms with E-state index >= 15 is 0 Å². The molecule has 1 unspecified atom stereocenters. The van der Waals surface area contributed by atoms with Crippen LogP contribution in [0.15, 0.2) is 77.7 Å². The largest absolute Gasteiger partial charge is 0.497 e. The number of halogens is 1. The molecule has 3 rings (SSSR count). The van der Waals surface area contributed by atoms with Crippen LogP contribution in [-0.4, -0.2) is 50.9 Å². The Morgan fingerprint density at radius 3 is 2.26 bits per heavy atom. The van der Waals surface area contributed by atoms with Gasteiger partial charge in [-0.2, -0.15) is 0 Å². The number of para-hydroxylation sites is 1. The third-order valence-corrected chi connectivity index (χ3v) is 7.87. The summed E-state index contributed by atoms with van der Waals surface area (Å²) in [6.07, 6.45) is 0. The van der Waals surface area contributed by atoms with E-state index < -0.39 is 40.2 Å². The Bertz CT molecular complexity index is 1410. The number of rotatable bonds is 11. The maximum Gasteiger partial charge on any atom is 0.264 e. The summed E-state index contributed by atoms with van der Waals surface area (Å²) < 4.78 is 48.5. The molecule has 0 radical (unpaired) electrons. The molecule has 1 atom stereocenters. The Morgan fingerprint density at radius 2 is 1.64 bits per heavy atom. The quantitative estimate of drug-likeness (QED) is 0.381. The molecule has 3 aromatic carbocycles. The summed E-state index contributed by atoms with van der Waals surface area (Å²) in [7, 11) is -2.83. The molecular weight excluding hydrogens is 521 g/mol. The number of sulfonamides is 1. The van der Waals surface area contributed by atoms with Gasteiger partial charge in [0.2, 0.25) is 11.8 Å². The third kappa shape index (κ3) is 7.35. The predicted octanol–water partition coefficient (Wildman–Crippen LogP) is 4.28. The van der Waals surface area contributed by atoms with Crippen molar-refractivity contribution >= 4 is 27.5 Å². The van der Waals surface area contributed by atoms with Gasteiger partial charge in [-0.3, -0.25) is 13.9 Å². The van der Waals surface area contributed by atoms with E-state index in [-0.39, 0.29) is 23.2 Å². The maximum absolute atomic E-state index is 15.0. The van der Waals surface area contributed by atoms with Gasteiger partial charge in [0.1, 0.15) is 24.2 Å². The van der Waals surface area contributed by atoms with Crippen molar-refractivity contribution < 1.29 is 27.1 Å². The molecule has 2 amide bonds. The number of ether oxygens (including phenoxy) is 1. The molecule has 8 nitrogen and oxygen atoms in total. The lowest BCUT2D eigenvalue weighted by atomic mass is 10.1. The van der Waals surface area contributed by atoms with Crippen molar-refractivity contribution in [2.45, 2.75) is 51.2 Å². The summed E-state index contributed by atoms with van der Waals surface area (Å²) >= 11 is 0. The fourth-order valence-electron chi connectivity index (χ4n) is 3.96. The summed E-state index contributed by atoms with van der Waals surface area (Å²) in [6, 6.07) is 17.3. The predicted molar refractivity (Wildman–Crippen MR) is 148 cm³/mol. The summed E-state index contributed by atoms with van der Waals surface area (Å²) in [5, 5.41) is 2.79. The second-order valence-corrected chi connectivity index (χ2v) is 11.4. The van der Waals surface area contributed by atoms with Gasteiger partial charge in [-0.25, -0.2) is 12.8 Å². The molecule has 0 aromatic heterocycles. The average Bonchev–Trinajstić information content (AvgIpc) is 2.90. The van der Waals surface area contributed by atoms with Crippen molar-refractivity contribution in [1.29, 1.82) is 0 Å². The number of hydrogen-bond acceptors (Lipinski definition) is 5.